The Bertz CT molecular complexity index is 549. The summed E-state index contributed by atoms with van der Waals surface area (Å²) in [5.41, 5.74) is 0. The molecule has 0 unspecified atom stereocenters. The number of likely N-dealkylation sites (tertiary alicyclic amines) is 3. The fraction of sp³-hybridized carbons (Fsp3) is 0.818. The summed E-state index contributed by atoms with van der Waals surface area (Å²) in [5, 5.41) is 3.05. The molecule has 0 aromatic rings. The highest BCUT2D eigenvalue weighted by atomic mass is 16.2. The van der Waals surface area contributed by atoms with Crippen LogP contribution >= 0.6 is 0 Å². The highest BCUT2D eigenvalue weighted by Gasteiger charge is 2.36. The van der Waals surface area contributed by atoms with Crippen molar-refractivity contribution < 1.29 is 9.59 Å². The Morgan fingerprint density at radius 2 is 1.71 bits per heavy atom. The molecule has 3 saturated heterocycles. The molecule has 0 aliphatic carbocycles. The van der Waals surface area contributed by atoms with Crippen LogP contribution in [0.4, 0.5) is 0 Å². The molecule has 28 heavy (non-hydrogen) atoms. The highest BCUT2D eigenvalue weighted by molar-refractivity contribution is 5.82. The molecule has 0 radical (unpaired) electrons. The zero-order valence-electron chi connectivity index (χ0n) is 17.7. The second-order valence-corrected chi connectivity index (χ2v) is 8.97. The van der Waals surface area contributed by atoms with Crippen LogP contribution < -0.4 is 5.32 Å². The maximum Gasteiger partial charge on any atom is 0.239 e. The molecular formula is C22H38N4O2. The molecule has 0 aromatic heterocycles. The quantitative estimate of drug-likeness (QED) is 0.704. The molecule has 1 atom stereocenters. The molecule has 0 spiro atoms. The minimum Gasteiger partial charge on any atom is -0.354 e. The summed E-state index contributed by atoms with van der Waals surface area (Å²) < 4.78 is 0. The van der Waals surface area contributed by atoms with Gasteiger partial charge in [-0.2, -0.15) is 0 Å². The number of hydrogen-bond donors (Lipinski definition) is 1. The molecule has 158 valence electrons. The van der Waals surface area contributed by atoms with Gasteiger partial charge in [-0.05, 0) is 72.0 Å². The monoisotopic (exact) mass is 390 g/mol. The van der Waals surface area contributed by atoms with Crippen molar-refractivity contribution in [2.45, 2.75) is 70.5 Å². The highest BCUT2D eigenvalue weighted by Crippen LogP contribution is 2.26. The van der Waals surface area contributed by atoms with Gasteiger partial charge in [0.2, 0.25) is 11.8 Å². The topological polar surface area (TPSA) is 55.9 Å². The van der Waals surface area contributed by atoms with Gasteiger partial charge in [-0.25, -0.2) is 0 Å². The van der Waals surface area contributed by atoms with Gasteiger partial charge in [-0.15, -0.1) is 6.58 Å². The van der Waals surface area contributed by atoms with Crippen molar-refractivity contribution in [1.29, 1.82) is 0 Å². The fourth-order valence-electron chi connectivity index (χ4n) is 5.08. The number of nitrogens with one attached hydrogen (secondary N) is 1. The molecule has 3 rings (SSSR count). The summed E-state index contributed by atoms with van der Waals surface area (Å²) >= 11 is 0. The number of rotatable bonds is 6. The summed E-state index contributed by atoms with van der Waals surface area (Å²) in [6.07, 6.45) is 8.03. The number of hydrogen-bond acceptors (Lipinski definition) is 4. The maximum atomic E-state index is 13.0. The van der Waals surface area contributed by atoms with Gasteiger partial charge >= 0.3 is 0 Å². The van der Waals surface area contributed by atoms with E-state index in [-0.39, 0.29) is 23.9 Å². The summed E-state index contributed by atoms with van der Waals surface area (Å²) in [5.74, 6) is 0.705. The lowest BCUT2D eigenvalue weighted by molar-refractivity contribution is -0.137. The van der Waals surface area contributed by atoms with E-state index in [1.807, 2.05) is 19.9 Å². The van der Waals surface area contributed by atoms with Crippen LogP contribution in [0.1, 0.15) is 52.4 Å². The van der Waals surface area contributed by atoms with E-state index in [1.54, 1.807) is 0 Å². The van der Waals surface area contributed by atoms with Gasteiger partial charge in [0.1, 0.15) is 0 Å². The van der Waals surface area contributed by atoms with Gasteiger partial charge in [0.25, 0.3) is 0 Å². The molecule has 2 amide bonds. The molecule has 3 aliphatic rings. The molecule has 3 aliphatic heterocycles. The minimum absolute atomic E-state index is 0.0600. The van der Waals surface area contributed by atoms with Gasteiger partial charge in [0.05, 0.1) is 6.04 Å². The standard InChI is InChI=1S/C22H38N4O2/c1-4-11-25-12-5-6-20(25)22(28)26-15-9-19(10-16-26)24-13-7-18(8-14-24)21(27)23-17(2)3/h4,17-20H,1,5-16H2,2-3H3,(H,23,27)/t20-/m0/s1. The zero-order valence-corrected chi connectivity index (χ0v) is 17.7. The number of piperidine rings is 2. The summed E-state index contributed by atoms with van der Waals surface area (Å²) in [7, 11) is 0. The molecule has 6 nitrogen and oxygen atoms in total. The van der Waals surface area contributed by atoms with Crippen molar-refractivity contribution in [3.8, 4) is 0 Å². The summed E-state index contributed by atoms with van der Waals surface area (Å²) in [4.78, 5) is 32.1. The van der Waals surface area contributed by atoms with E-state index in [4.69, 9.17) is 0 Å². The Balaban J connectivity index is 1.43. The van der Waals surface area contributed by atoms with Crippen LogP contribution in [-0.4, -0.2) is 83.9 Å². The second-order valence-electron chi connectivity index (χ2n) is 8.97. The van der Waals surface area contributed by atoms with Crippen molar-refractivity contribution >= 4 is 11.8 Å². The van der Waals surface area contributed by atoms with Gasteiger partial charge in [-0.1, -0.05) is 6.08 Å². The third-order valence-corrected chi connectivity index (χ3v) is 6.64. The Hall–Kier alpha value is -1.40. The van der Waals surface area contributed by atoms with E-state index in [2.05, 4.69) is 26.6 Å². The van der Waals surface area contributed by atoms with E-state index in [1.165, 1.54) is 0 Å². The molecule has 1 N–H and O–H groups in total. The number of amides is 2. The average Bonchev–Trinajstić information content (AvgIpc) is 3.16. The Kier molecular flexibility index (Phi) is 7.52. The average molecular weight is 391 g/mol. The van der Waals surface area contributed by atoms with Crippen molar-refractivity contribution in [2.75, 3.05) is 39.3 Å². The second kappa shape index (κ2) is 9.88. The van der Waals surface area contributed by atoms with Crippen LogP contribution in [0.3, 0.4) is 0 Å². The van der Waals surface area contributed by atoms with Crippen molar-refractivity contribution in [2.24, 2.45) is 5.92 Å². The molecule has 0 aromatic carbocycles. The molecule has 0 saturated carbocycles. The van der Waals surface area contributed by atoms with E-state index >= 15 is 0 Å². The molecule has 0 bridgehead atoms. The lowest BCUT2D eigenvalue weighted by atomic mass is 9.92. The molecule has 3 fully saturated rings. The van der Waals surface area contributed by atoms with Crippen molar-refractivity contribution in [3.63, 3.8) is 0 Å². The smallest absolute Gasteiger partial charge is 0.239 e. The normalized spacial score (nSPS) is 26.0. The van der Waals surface area contributed by atoms with E-state index in [0.717, 1.165) is 77.8 Å². The van der Waals surface area contributed by atoms with E-state index < -0.39 is 0 Å². The van der Waals surface area contributed by atoms with E-state index in [9.17, 15) is 9.59 Å². The van der Waals surface area contributed by atoms with Crippen LogP contribution in [0.2, 0.25) is 0 Å². The van der Waals surface area contributed by atoms with E-state index in [0.29, 0.717) is 11.9 Å². The number of carbonyl (C=O) groups is 2. The van der Waals surface area contributed by atoms with Crippen LogP contribution in [-0.2, 0) is 9.59 Å². The fourth-order valence-corrected chi connectivity index (χ4v) is 5.08. The van der Waals surface area contributed by atoms with Crippen LogP contribution in [0.25, 0.3) is 0 Å². The van der Waals surface area contributed by atoms with Crippen molar-refractivity contribution in [3.05, 3.63) is 12.7 Å². The first-order valence-corrected chi connectivity index (χ1v) is 11.2. The Morgan fingerprint density at radius 1 is 1.04 bits per heavy atom. The predicted octanol–water partition coefficient (Wildman–Crippen LogP) is 1.86. The third kappa shape index (κ3) is 5.15. The first-order valence-electron chi connectivity index (χ1n) is 11.2. The maximum absolute atomic E-state index is 13.0. The molecule has 6 heteroatoms. The predicted molar refractivity (Wildman–Crippen MR) is 112 cm³/mol. The number of nitrogens with zero attached hydrogens (tertiary/aromatic N) is 3. The van der Waals surface area contributed by atoms with Crippen LogP contribution in [0.15, 0.2) is 12.7 Å². The van der Waals surface area contributed by atoms with Gasteiger partial charge in [0.15, 0.2) is 0 Å². The number of carbonyl (C=O) groups excluding carboxylic acids is 2. The molecule has 3 heterocycles. The largest absolute Gasteiger partial charge is 0.354 e. The van der Waals surface area contributed by atoms with Gasteiger partial charge < -0.3 is 15.1 Å². The lowest BCUT2D eigenvalue weighted by Gasteiger charge is -2.42. The lowest BCUT2D eigenvalue weighted by Crippen LogP contribution is -2.53. The first-order chi connectivity index (χ1) is 13.5. The third-order valence-electron chi connectivity index (χ3n) is 6.64. The minimum atomic E-state index is 0.0600. The SMILES string of the molecule is C=CCN1CCC[C@H]1C(=O)N1CCC(N2CCC(C(=O)NC(C)C)CC2)CC1. The summed E-state index contributed by atoms with van der Waals surface area (Å²) in [6.45, 7) is 13.4. The first kappa shape index (κ1) is 21.3. The van der Waals surface area contributed by atoms with Crippen LogP contribution in [0, 0.1) is 5.92 Å². The Morgan fingerprint density at radius 3 is 2.32 bits per heavy atom. The molecular weight excluding hydrogens is 352 g/mol. The van der Waals surface area contributed by atoms with Crippen LogP contribution in [0.5, 0.6) is 0 Å². The van der Waals surface area contributed by atoms with Gasteiger partial charge in [-0.3, -0.25) is 14.5 Å². The van der Waals surface area contributed by atoms with Crippen molar-refractivity contribution in [1.82, 2.24) is 20.0 Å². The Labute approximate surface area is 170 Å². The van der Waals surface area contributed by atoms with Gasteiger partial charge in [0, 0.05) is 37.6 Å². The zero-order chi connectivity index (χ0) is 20.1. The summed E-state index contributed by atoms with van der Waals surface area (Å²) in [6, 6.07) is 0.838.